The lowest BCUT2D eigenvalue weighted by atomic mass is 9.96. The van der Waals surface area contributed by atoms with Gasteiger partial charge in [0.25, 0.3) is 5.91 Å². The number of hydrogen-bond acceptors (Lipinski definition) is 4. The van der Waals surface area contributed by atoms with E-state index in [1.54, 1.807) is 7.11 Å². The number of hydrogen-bond donors (Lipinski definition) is 0. The molecular formula is C25H32N2O3. The molecule has 4 rings (SSSR count). The van der Waals surface area contributed by atoms with Gasteiger partial charge in [0.15, 0.2) is 0 Å². The number of likely N-dealkylation sites (tertiary alicyclic amines) is 1. The van der Waals surface area contributed by atoms with Crippen molar-refractivity contribution >= 4 is 5.91 Å². The van der Waals surface area contributed by atoms with Crippen LogP contribution in [0.1, 0.15) is 43.0 Å². The van der Waals surface area contributed by atoms with E-state index in [0.717, 1.165) is 30.2 Å². The smallest absolute Gasteiger partial charge is 0.258 e. The fraction of sp³-hybridized carbons (Fsp3) is 0.480. The van der Waals surface area contributed by atoms with Gasteiger partial charge in [-0.15, -0.1) is 0 Å². The van der Waals surface area contributed by atoms with Crippen molar-refractivity contribution in [2.75, 3.05) is 33.4 Å². The molecule has 2 atom stereocenters. The van der Waals surface area contributed by atoms with Crippen molar-refractivity contribution in [2.24, 2.45) is 5.92 Å². The Kier molecular flexibility index (Phi) is 6.58. The first-order valence-electron chi connectivity index (χ1n) is 11.1. The van der Waals surface area contributed by atoms with Gasteiger partial charge >= 0.3 is 0 Å². The molecule has 0 spiro atoms. The first-order chi connectivity index (χ1) is 14.7. The summed E-state index contributed by atoms with van der Waals surface area (Å²) in [5, 5.41) is 0. The van der Waals surface area contributed by atoms with E-state index in [1.807, 2.05) is 48.2 Å². The minimum absolute atomic E-state index is 0.00917. The van der Waals surface area contributed by atoms with E-state index in [2.05, 4.69) is 17.1 Å². The number of amides is 1. The molecule has 160 valence electrons. The van der Waals surface area contributed by atoms with Crippen LogP contribution < -0.4 is 4.74 Å². The Morgan fingerprint density at radius 1 is 1.10 bits per heavy atom. The van der Waals surface area contributed by atoms with Gasteiger partial charge in [0.1, 0.15) is 11.5 Å². The average molecular weight is 409 g/mol. The second kappa shape index (κ2) is 9.52. The molecule has 0 N–H and O–H groups in total. The molecule has 1 aliphatic carbocycles. The molecule has 1 aromatic carbocycles. The van der Waals surface area contributed by atoms with Gasteiger partial charge < -0.3 is 19.3 Å². The molecule has 0 bridgehead atoms. The SMILES string of the molecule is COC1=CC2C(C=C1)C=C(C)N2C(=O)c1ccc(OCCCN2CCCCC2)cc1. The summed E-state index contributed by atoms with van der Waals surface area (Å²) in [5.41, 5.74) is 1.65. The van der Waals surface area contributed by atoms with Crippen molar-refractivity contribution in [3.05, 3.63) is 65.6 Å². The van der Waals surface area contributed by atoms with E-state index in [-0.39, 0.29) is 17.9 Å². The van der Waals surface area contributed by atoms with E-state index in [4.69, 9.17) is 9.47 Å². The second-order valence-electron chi connectivity index (χ2n) is 8.31. The van der Waals surface area contributed by atoms with Gasteiger partial charge in [0.2, 0.25) is 0 Å². The monoisotopic (exact) mass is 408 g/mol. The van der Waals surface area contributed by atoms with E-state index >= 15 is 0 Å². The second-order valence-corrected chi connectivity index (χ2v) is 8.31. The molecule has 1 aromatic rings. The quantitative estimate of drug-likeness (QED) is 0.628. The molecule has 1 amide bonds. The van der Waals surface area contributed by atoms with Gasteiger partial charge in [-0.25, -0.2) is 0 Å². The van der Waals surface area contributed by atoms with Crippen molar-refractivity contribution in [2.45, 2.75) is 38.6 Å². The lowest BCUT2D eigenvalue weighted by molar-refractivity contribution is 0.0777. The molecule has 0 radical (unpaired) electrons. The Balaban J connectivity index is 1.32. The van der Waals surface area contributed by atoms with Crippen LogP contribution in [0.25, 0.3) is 0 Å². The number of rotatable bonds is 7. The lowest BCUT2D eigenvalue weighted by Crippen LogP contribution is -2.37. The molecule has 1 saturated heterocycles. The molecule has 3 aliphatic rings. The fourth-order valence-electron chi connectivity index (χ4n) is 4.58. The standard InChI is InChI=1S/C25H32N2O3/c1-19-17-21-9-12-23(29-2)18-24(21)27(19)25(28)20-7-10-22(11-8-20)30-16-6-15-26-13-4-3-5-14-26/h7-12,17-18,21,24H,3-6,13-16H2,1-2H3. The zero-order valence-corrected chi connectivity index (χ0v) is 18.0. The molecule has 2 aliphatic heterocycles. The Morgan fingerprint density at radius 3 is 2.60 bits per heavy atom. The van der Waals surface area contributed by atoms with Crippen LogP contribution in [-0.2, 0) is 4.74 Å². The van der Waals surface area contributed by atoms with E-state index < -0.39 is 0 Å². The minimum atomic E-state index is -0.0248. The highest BCUT2D eigenvalue weighted by Crippen LogP contribution is 2.34. The number of fused-ring (bicyclic) bond motifs is 1. The molecular weight excluding hydrogens is 376 g/mol. The van der Waals surface area contributed by atoms with Crippen LogP contribution in [-0.4, -0.2) is 55.1 Å². The highest BCUT2D eigenvalue weighted by atomic mass is 16.5. The zero-order valence-electron chi connectivity index (χ0n) is 18.0. The van der Waals surface area contributed by atoms with Crippen LogP contribution >= 0.6 is 0 Å². The van der Waals surface area contributed by atoms with Crippen LogP contribution in [0.15, 0.2) is 60.0 Å². The Labute approximate surface area is 179 Å². The zero-order chi connectivity index (χ0) is 20.9. The third kappa shape index (κ3) is 4.62. The molecule has 30 heavy (non-hydrogen) atoms. The highest BCUT2D eigenvalue weighted by Gasteiger charge is 2.36. The van der Waals surface area contributed by atoms with Gasteiger partial charge in [0.05, 0.1) is 19.8 Å². The van der Waals surface area contributed by atoms with Gasteiger partial charge in [-0.2, -0.15) is 0 Å². The maximum atomic E-state index is 13.2. The van der Waals surface area contributed by atoms with Crippen molar-refractivity contribution in [1.82, 2.24) is 9.80 Å². The number of piperidine rings is 1. The summed E-state index contributed by atoms with van der Waals surface area (Å²) in [6.07, 6.45) is 13.3. The van der Waals surface area contributed by atoms with Crippen LogP contribution in [0, 0.1) is 5.92 Å². The van der Waals surface area contributed by atoms with Crippen LogP contribution in [0.2, 0.25) is 0 Å². The number of nitrogens with zero attached hydrogens (tertiary/aromatic N) is 2. The van der Waals surface area contributed by atoms with Gasteiger partial charge in [-0.05, 0) is 75.7 Å². The summed E-state index contributed by atoms with van der Waals surface area (Å²) in [6, 6.07) is 7.50. The van der Waals surface area contributed by atoms with Crippen LogP contribution in [0.3, 0.4) is 0 Å². The molecule has 0 saturated carbocycles. The third-order valence-corrected chi connectivity index (χ3v) is 6.22. The first kappa shape index (κ1) is 20.7. The topological polar surface area (TPSA) is 42.0 Å². The number of carbonyl (C=O) groups is 1. The van der Waals surface area contributed by atoms with E-state index in [0.29, 0.717) is 12.2 Å². The lowest BCUT2D eigenvalue weighted by Gasteiger charge is -2.29. The normalized spacial score (nSPS) is 23.6. The molecule has 5 nitrogen and oxygen atoms in total. The summed E-state index contributed by atoms with van der Waals surface area (Å²) in [6.45, 7) is 6.24. The Bertz CT molecular complexity index is 834. The molecule has 1 fully saturated rings. The highest BCUT2D eigenvalue weighted by molar-refractivity contribution is 5.96. The minimum Gasteiger partial charge on any atom is -0.497 e. The largest absolute Gasteiger partial charge is 0.497 e. The molecule has 0 aromatic heterocycles. The third-order valence-electron chi connectivity index (χ3n) is 6.22. The van der Waals surface area contributed by atoms with Gasteiger partial charge in [0, 0.05) is 23.7 Å². The number of carbonyl (C=O) groups excluding carboxylic acids is 1. The predicted molar refractivity (Wildman–Crippen MR) is 118 cm³/mol. The summed E-state index contributed by atoms with van der Waals surface area (Å²) in [7, 11) is 1.66. The summed E-state index contributed by atoms with van der Waals surface area (Å²) in [5.74, 6) is 1.83. The van der Waals surface area contributed by atoms with E-state index in [9.17, 15) is 4.79 Å². The molecule has 5 heteroatoms. The maximum Gasteiger partial charge on any atom is 0.258 e. The maximum absolute atomic E-state index is 13.2. The van der Waals surface area contributed by atoms with Gasteiger partial charge in [-0.1, -0.05) is 18.6 Å². The summed E-state index contributed by atoms with van der Waals surface area (Å²) < 4.78 is 11.3. The van der Waals surface area contributed by atoms with Crippen LogP contribution in [0.4, 0.5) is 0 Å². The Morgan fingerprint density at radius 2 is 1.87 bits per heavy atom. The fourth-order valence-corrected chi connectivity index (χ4v) is 4.58. The molecule has 2 unspecified atom stereocenters. The summed E-state index contributed by atoms with van der Waals surface area (Å²) in [4.78, 5) is 17.6. The number of allylic oxidation sites excluding steroid dienone is 2. The predicted octanol–water partition coefficient (Wildman–Crippen LogP) is 4.39. The van der Waals surface area contributed by atoms with Gasteiger partial charge in [-0.3, -0.25) is 4.79 Å². The average Bonchev–Trinajstić information content (AvgIpc) is 3.12. The number of methoxy groups -OCH3 is 1. The summed E-state index contributed by atoms with van der Waals surface area (Å²) >= 11 is 0. The van der Waals surface area contributed by atoms with Crippen molar-refractivity contribution in [3.8, 4) is 5.75 Å². The first-order valence-corrected chi connectivity index (χ1v) is 11.1. The number of benzene rings is 1. The van der Waals surface area contributed by atoms with E-state index in [1.165, 1.54) is 32.4 Å². The van der Waals surface area contributed by atoms with Crippen molar-refractivity contribution < 1.29 is 14.3 Å². The van der Waals surface area contributed by atoms with Crippen molar-refractivity contribution in [3.63, 3.8) is 0 Å². The number of ether oxygens (including phenoxy) is 2. The molecule has 2 heterocycles. The Hall–Kier alpha value is -2.53. The van der Waals surface area contributed by atoms with Crippen molar-refractivity contribution in [1.29, 1.82) is 0 Å². The van der Waals surface area contributed by atoms with Crippen LogP contribution in [0.5, 0.6) is 5.75 Å².